The first-order chi connectivity index (χ1) is 7.07. The van der Waals surface area contributed by atoms with Gasteiger partial charge >= 0.3 is 0 Å². The Labute approximate surface area is 90.9 Å². The molecule has 0 aliphatic rings. The van der Waals surface area contributed by atoms with Crippen LogP contribution in [0, 0.1) is 6.92 Å². The van der Waals surface area contributed by atoms with E-state index in [4.69, 9.17) is 10.5 Å². The van der Waals surface area contributed by atoms with Crippen molar-refractivity contribution in [3.8, 4) is 5.88 Å². The van der Waals surface area contributed by atoms with Crippen LogP contribution in [-0.2, 0) is 0 Å². The molecule has 0 aliphatic heterocycles. The predicted octanol–water partition coefficient (Wildman–Crippen LogP) is 1.63. The fourth-order valence-corrected chi connectivity index (χ4v) is 1.44. The molecule has 0 saturated carbocycles. The summed E-state index contributed by atoms with van der Waals surface area (Å²) in [5, 5.41) is 0. The molecular formula is C11H19N3O. The molecule has 2 N–H and O–H groups in total. The van der Waals surface area contributed by atoms with Gasteiger partial charge in [-0.2, -0.15) is 0 Å². The molecule has 1 aromatic rings. The Morgan fingerprint density at radius 2 is 2.07 bits per heavy atom. The molecule has 1 aromatic heterocycles. The molecule has 0 amide bonds. The molecule has 0 saturated heterocycles. The lowest BCUT2D eigenvalue weighted by molar-refractivity contribution is 0.322. The summed E-state index contributed by atoms with van der Waals surface area (Å²) in [6.07, 6.45) is 1.53. The molecule has 4 nitrogen and oxygen atoms in total. The van der Waals surface area contributed by atoms with Crippen LogP contribution < -0.4 is 10.5 Å². The summed E-state index contributed by atoms with van der Waals surface area (Å²) in [6, 6.07) is 0.0769. The molecule has 2 atom stereocenters. The quantitative estimate of drug-likeness (QED) is 0.818. The predicted molar refractivity (Wildman–Crippen MR) is 60.0 cm³/mol. The number of nitrogens with zero attached hydrogens (tertiary/aromatic N) is 2. The highest BCUT2D eigenvalue weighted by Crippen LogP contribution is 2.24. The van der Waals surface area contributed by atoms with Crippen molar-refractivity contribution in [1.29, 1.82) is 0 Å². The fraction of sp³-hybridized carbons (Fsp3) is 0.636. The van der Waals surface area contributed by atoms with Gasteiger partial charge in [0, 0.05) is 17.5 Å². The number of hydrogen-bond donors (Lipinski definition) is 1. The van der Waals surface area contributed by atoms with Gasteiger partial charge in [0.25, 0.3) is 0 Å². The number of aromatic nitrogens is 2. The SMILES string of the molecule is CCOc1ncnc(C(C)C(C)N)c1C. The molecule has 84 valence electrons. The second-order valence-corrected chi connectivity index (χ2v) is 3.77. The van der Waals surface area contributed by atoms with Crippen molar-refractivity contribution >= 4 is 0 Å². The molecular weight excluding hydrogens is 190 g/mol. The van der Waals surface area contributed by atoms with Gasteiger partial charge in [-0.05, 0) is 20.8 Å². The monoisotopic (exact) mass is 209 g/mol. The van der Waals surface area contributed by atoms with Crippen molar-refractivity contribution in [3.63, 3.8) is 0 Å². The minimum absolute atomic E-state index is 0.0769. The van der Waals surface area contributed by atoms with Gasteiger partial charge in [-0.3, -0.25) is 0 Å². The average Bonchev–Trinajstić information content (AvgIpc) is 2.20. The van der Waals surface area contributed by atoms with E-state index in [1.807, 2.05) is 20.8 Å². The van der Waals surface area contributed by atoms with E-state index >= 15 is 0 Å². The van der Waals surface area contributed by atoms with Crippen molar-refractivity contribution in [2.75, 3.05) is 6.61 Å². The molecule has 0 fully saturated rings. The Morgan fingerprint density at radius 1 is 1.40 bits per heavy atom. The molecule has 4 heteroatoms. The Hall–Kier alpha value is -1.16. The van der Waals surface area contributed by atoms with Crippen LogP contribution in [0.5, 0.6) is 5.88 Å². The Balaban J connectivity index is 3.03. The number of nitrogens with two attached hydrogens (primary N) is 1. The van der Waals surface area contributed by atoms with E-state index in [1.54, 1.807) is 0 Å². The molecule has 0 bridgehead atoms. The highest BCUT2D eigenvalue weighted by Gasteiger charge is 2.17. The molecule has 0 spiro atoms. The maximum atomic E-state index is 5.86. The number of rotatable bonds is 4. The van der Waals surface area contributed by atoms with Crippen LogP contribution >= 0.6 is 0 Å². The van der Waals surface area contributed by atoms with Gasteiger partial charge in [-0.1, -0.05) is 6.92 Å². The summed E-state index contributed by atoms with van der Waals surface area (Å²) in [5.41, 5.74) is 7.83. The summed E-state index contributed by atoms with van der Waals surface area (Å²) in [5.74, 6) is 0.877. The number of hydrogen-bond acceptors (Lipinski definition) is 4. The lowest BCUT2D eigenvalue weighted by Crippen LogP contribution is -2.24. The maximum absolute atomic E-state index is 5.86. The molecule has 0 aromatic carbocycles. The highest BCUT2D eigenvalue weighted by atomic mass is 16.5. The summed E-state index contributed by atoms with van der Waals surface area (Å²) < 4.78 is 5.42. The normalized spacial score (nSPS) is 14.7. The third-order valence-electron chi connectivity index (χ3n) is 2.58. The highest BCUT2D eigenvalue weighted by molar-refractivity contribution is 5.30. The summed E-state index contributed by atoms with van der Waals surface area (Å²) in [7, 11) is 0. The third kappa shape index (κ3) is 2.65. The second-order valence-electron chi connectivity index (χ2n) is 3.77. The van der Waals surface area contributed by atoms with Crippen molar-refractivity contribution in [2.45, 2.75) is 39.7 Å². The van der Waals surface area contributed by atoms with Crippen molar-refractivity contribution in [3.05, 3.63) is 17.6 Å². The molecule has 1 rings (SSSR count). The number of ether oxygens (including phenoxy) is 1. The first-order valence-electron chi connectivity index (χ1n) is 5.27. The van der Waals surface area contributed by atoms with Gasteiger partial charge < -0.3 is 10.5 Å². The molecule has 2 unspecified atom stereocenters. The molecule has 1 heterocycles. The molecule has 0 radical (unpaired) electrons. The zero-order chi connectivity index (χ0) is 11.4. The van der Waals surface area contributed by atoms with Gasteiger partial charge in [-0.25, -0.2) is 9.97 Å². The van der Waals surface area contributed by atoms with Crippen molar-refractivity contribution in [2.24, 2.45) is 5.73 Å². The Morgan fingerprint density at radius 3 is 2.60 bits per heavy atom. The van der Waals surface area contributed by atoms with Crippen LogP contribution in [0.4, 0.5) is 0 Å². The van der Waals surface area contributed by atoms with Crippen molar-refractivity contribution < 1.29 is 4.74 Å². The molecule has 15 heavy (non-hydrogen) atoms. The van der Waals surface area contributed by atoms with E-state index < -0.39 is 0 Å². The topological polar surface area (TPSA) is 61.0 Å². The summed E-state index contributed by atoms with van der Waals surface area (Å²) in [4.78, 5) is 8.37. The zero-order valence-corrected chi connectivity index (χ0v) is 9.82. The van der Waals surface area contributed by atoms with Crippen LogP contribution in [0.15, 0.2) is 6.33 Å². The van der Waals surface area contributed by atoms with E-state index in [2.05, 4.69) is 16.9 Å². The van der Waals surface area contributed by atoms with Crippen LogP contribution in [0.1, 0.15) is 37.9 Å². The van der Waals surface area contributed by atoms with Crippen LogP contribution in [-0.4, -0.2) is 22.6 Å². The second kappa shape index (κ2) is 5.07. The smallest absolute Gasteiger partial charge is 0.219 e. The Kier molecular flexibility index (Phi) is 4.03. The van der Waals surface area contributed by atoms with Gasteiger partial charge in [0.05, 0.1) is 12.3 Å². The van der Waals surface area contributed by atoms with Crippen LogP contribution in [0.3, 0.4) is 0 Å². The van der Waals surface area contributed by atoms with Gasteiger partial charge in [0.2, 0.25) is 5.88 Å². The standard InChI is InChI=1S/C11H19N3O/c1-5-15-11-8(3)10(13-6-14-11)7(2)9(4)12/h6-7,9H,5,12H2,1-4H3. The Bertz CT molecular complexity index is 326. The lowest BCUT2D eigenvalue weighted by atomic mass is 9.97. The molecule has 0 aliphatic carbocycles. The van der Waals surface area contributed by atoms with Crippen LogP contribution in [0.25, 0.3) is 0 Å². The van der Waals surface area contributed by atoms with Crippen LogP contribution in [0.2, 0.25) is 0 Å². The van der Waals surface area contributed by atoms with E-state index in [9.17, 15) is 0 Å². The lowest BCUT2D eigenvalue weighted by Gasteiger charge is -2.18. The maximum Gasteiger partial charge on any atom is 0.219 e. The summed E-state index contributed by atoms with van der Waals surface area (Å²) in [6.45, 7) is 8.57. The third-order valence-corrected chi connectivity index (χ3v) is 2.58. The van der Waals surface area contributed by atoms with E-state index in [0.717, 1.165) is 11.3 Å². The van der Waals surface area contributed by atoms with E-state index in [1.165, 1.54) is 6.33 Å². The van der Waals surface area contributed by atoms with E-state index in [-0.39, 0.29) is 12.0 Å². The first-order valence-corrected chi connectivity index (χ1v) is 5.27. The van der Waals surface area contributed by atoms with Crippen molar-refractivity contribution in [1.82, 2.24) is 9.97 Å². The van der Waals surface area contributed by atoms with Gasteiger partial charge in [-0.15, -0.1) is 0 Å². The van der Waals surface area contributed by atoms with Gasteiger partial charge in [0.1, 0.15) is 6.33 Å². The fourth-order valence-electron chi connectivity index (χ4n) is 1.44. The van der Waals surface area contributed by atoms with Gasteiger partial charge in [0.15, 0.2) is 0 Å². The van der Waals surface area contributed by atoms with E-state index in [0.29, 0.717) is 12.5 Å². The largest absolute Gasteiger partial charge is 0.478 e. The first kappa shape index (κ1) is 11.9. The minimum Gasteiger partial charge on any atom is -0.478 e. The zero-order valence-electron chi connectivity index (χ0n) is 9.82. The average molecular weight is 209 g/mol. The minimum atomic E-state index is 0.0769. The summed E-state index contributed by atoms with van der Waals surface area (Å²) >= 11 is 0.